The predicted octanol–water partition coefficient (Wildman–Crippen LogP) is 2.96. The number of carbonyl (C=O) groups excluding carboxylic acids is 1. The third-order valence-corrected chi connectivity index (χ3v) is 4.98. The SMILES string of the molecule is COC(=O)C[C@H]1CCC=C1S(=O)c1ccc(C)cc1. The number of aryl methyl sites for hydroxylation is 1. The molecule has 1 aliphatic rings. The second-order valence-electron chi connectivity index (χ2n) is 4.74. The van der Waals surface area contributed by atoms with Crippen LogP contribution < -0.4 is 0 Å². The minimum absolute atomic E-state index is 0.0505. The molecule has 0 aromatic heterocycles. The van der Waals surface area contributed by atoms with Crippen LogP contribution in [0.2, 0.25) is 0 Å². The Morgan fingerprint density at radius 1 is 1.37 bits per heavy atom. The molecule has 0 saturated heterocycles. The topological polar surface area (TPSA) is 43.4 Å². The summed E-state index contributed by atoms with van der Waals surface area (Å²) in [6.07, 6.45) is 4.08. The monoisotopic (exact) mass is 278 g/mol. The number of hydrogen-bond acceptors (Lipinski definition) is 3. The molecule has 1 aliphatic carbocycles. The van der Waals surface area contributed by atoms with E-state index in [4.69, 9.17) is 4.74 Å². The van der Waals surface area contributed by atoms with Gasteiger partial charge in [0.1, 0.15) is 0 Å². The quantitative estimate of drug-likeness (QED) is 0.795. The van der Waals surface area contributed by atoms with Gasteiger partial charge in [0.05, 0.1) is 24.3 Å². The summed E-state index contributed by atoms with van der Waals surface area (Å²) < 4.78 is 17.2. The van der Waals surface area contributed by atoms with E-state index in [0.717, 1.165) is 28.2 Å². The van der Waals surface area contributed by atoms with Gasteiger partial charge in [-0.3, -0.25) is 4.79 Å². The molecular formula is C15H18O3S. The summed E-state index contributed by atoms with van der Waals surface area (Å²) >= 11 is 0. The molecule has 0 saturated carbocycles. The van der Waals surface area contributed by atoms with Crippen molar-refractivity contribution in [1.82, 2.24) is 0 Å². The summed E-state index contributed by atoms with van der Waals surface area (Å²) in [6.45, 7) is 2.00. The Hall–Kier alpha value is -1.42. The molecular weight excluding hydrogens is 260 g/mol. The highest BCUT2D eigenvalue weighted by molar-refractivity contribution is 7.89. The first-order chi connectivity index (χ1) is 9.11. The maximum absolute atomic E-state index is 12.5. The third kappa shape index (κ3) is 3.32. The zero-order valence-corrected chi connectivity index (χ0v) is 12.0. The smallest absolute Gasteiger partial charge is 0.306 e. The fourth-order valence-electron chi connectivity index (χ4n) is 2.25. The third-order valence-electron chi connectivity index (χ3n) is 3.35. The van der Waals surface area contributed by atoms with Gasteiger partial charge in [-0.25, -0.2) is 4.21 Å². The Bertz CT molecular complexity index is 517. The summed E-state index contributed by atoms with van der Waals surface area (Å²) in [4.78, 5) is 13.0. The average molecular weight is 278 g/mol. The van der Waals surface area contributed by atoms with Crippen LogP contribution in [0, 0.1) is 12.8 Å². The molecule has 102 valence electrons. The number of rotatable bonds is 4. The minimum atomic E-state index is -1.16. The van der Waals surface area contributed by atoms with Crippen molar-refractivity contribution in [3.05, 3.63) is 40.8 Å². The van der Waals surface area contributed by atoms with Gasteiger partial charge in [-0.15, -0.1) is 0 Å². The second kappa shape index (κ2) is 6.15. The number of allylic oxidation sites excluding steroid dienone is 2. The standard InChI is InChI=1S/C15H18O3S/c1-11-6-8-13(9-7-11)19(17)14-5-3-4-12(14)10-15(16)18-2/h5-9,12H,3-4,10H2,1-2H3/t12-,19?/m1/s1. The van der Waals surface area contributed by atoms with E-state index < -0.39 is 10.8 Å². The fourth-order valence-corrected chi connectivity index (χ4v) is 3.68. The predicted molar refractivity (Wildman–Crippen MR) is 75.0 cm³/mol. The molecule has 0 radical (unpaired) electrons. The lowest BCUT2D eigenvalue weighted by Gasteiger charge is -2.13. The number of benzene rings is 1. The molecule has 1 aromatic rings. The van der Waals surface area contributed by atoms with Crippen LogP contribution in [0.3, 0.4) is 0 Å². The van der Waals surface area contributed by atoms with Crippen molar-refractivity contribution in [2.45, 2.75) is 31.1 Å². The van der Waals surface area contributed by atoms with Crippen molar-refractivity contribution in [2.24, 2.45) is 5.92 Å². The maximum atomic E-state index is 12.5. The van der Waals surface area contributed by atoms with Crippen LogP contribution in [-0.4, -0.2) is 17.3 Å². The van der Waals surface area contributed by atoms with E-state index in [0.29, 0.717) is 6.42 Å². The first kappa shape index (κ1) is 14.0. The lowest BCUT2D eigenvalue weighted by atomic mass is 10.1. The number of ether oxygens (including phenoxy) is 1. The molecule has 0 N–H and O–H groups in total. The van der Waals surface area contributed by atoms with Crippen molar-refractivity contribution in [2.75, 3.05) is 7.11 Å². The minimum Gasteiger partial charge on any atom is -0.469 e. The lowest BCUT2D eigenvalue weighted by molar-refractivity contribution is -0.141. The number of hydrogen-bond donors (Lipinski definition) is 0. The Labute approximate surface area is 116 Å². The van der Waals surface area contributed by atoms with Gasteiger partial charge in [0, 0.05) is 15.7 Å². The van der Waals surface area contributed by atoms with E-state index in [2.05, 4.69) is 0 Å². The van der Waals surface area contributed by atoms with E-state index >= 15 is 0 Å². The van der Waals surface area contributed by atoms with Crippen LogP contribution in [0.25, 0.3) is 0 Å². The Morgan fingerprint density at radius 3 is 2.68 bits per heavy atom. The molecule has 19 heavy (non-hydrogen) atoms. The van der Waals surface area contributed by atoms with Gasteiger partial charge in [0.15, 0.2) is 0 Å². The van der Waals surface area contributed by atoms with E-state index in [-0.39, 0.29) is 11.9 Å². The average Bonchev–Trinajstić information content (AvgIpc) is 2.86. The molecule has 3 nitrogen and oxygen atoms in total. The number of methoxy groups -OCH3 is 1. The normalized spacial score (nSPS) is 19.9. The molecule has 1 unspecified atom stereocenters. The van der Waals surface area contributed by atoms with E-state index in [1.807, 2.05) is 37.3 Å². The van der Waals surface area contributed by atoms with Crippen molar-refractivity contribution >= 4 is 16.8 Å². The second-order valence-corrected chi connectivity index (χ2v) is 6.22. The van der Waals surface area contributed by atoms with E-state index in [9.17, 15) is 9.00 Å². The Morgan fingerprint density at radius 2 is 2.05 bits per heavy atom. The molecule has 2 rings (SSSR count). The summed E-state index contributed by atoms with van der Waals surface area (Å²) in [7, 11) is 0.224. The van der Waals surface area contributed by atoms with Crippen LogP contribution in [0.4, 0.5) is 0 Å². The van der Waals surface area contributed by atoms with E-state index in [1.54, 1.807) is 0 Å². The highest BCUT2D eigenvalue weighted by Crippen LogP contribution is 2.33. The van der Waals surface area contributed by atoms with Crippen LogP contribution >= 0.6 is 0 Å². The van der Waals surface area contributed by atoms with Gasteiger partial charge >= 0.3 is 5.97 Å². The number of carbonyl (C=O) groups is 1. The summed E-state index contributed by atoms with van der Waals surface area (Å²) in [5.74, 6) is -0.187. The highest BCUT2D eigenvalue weighted by atomic mass is 32.2. The van der Waals surface area contributed by atoms with Gasteiger partial charge in [0.2, 0.25) is 0 Å². The summed E-state index contributed by atoms with van der Waals surface area (Å²) in [6, 6.07) is 7.69. The van der Waals surface area contributed by atoms with Crippen molar-refractivity contribution < 1.29 is 13.7 Å². The summed E-state index contributed by atoms with van der Waals surface area (Å²) in [5.41, 5.74) is 1.15. The van der Waals surface area contributed by atoms with Gasteiger partial charge in [0.25, 0.3) is 0 Å². The van der Waals surface area contributed by atoms with Crippen molar-refractivity contribution in [3.63, 3.8) is 0 Å². The molecule has 1 aromatic carbocycles. The Balaban J connectivity index is 2.14. The first-order valence-electron chi connectivity index (χ1n) is 6.37. The molecule has 0 aliphatic heterocycles. The fraction of sp³-hybridized carbons (Fsp3) is 0.400. The molecule has 0 bridgehead atoms. The molecule has 0 fully saturated rings. The Kier molecular flexibility index (Phi) is 4.53. The first-order valence-corrected chi connectivity index (χ1v) is 7.52. The summed E-state index contributed by atoms with van der Waals surface area (Å²) in [5, 5.41) is 0. The van der Waals surface area contributed by atoms with Gasteiger partial charge in [-0.05, 0) is 31.9 Å². The van der Waals surface area contributed by atoms with Gasteiger partial charge < -0.3 is 4.74 Å². The van der Waals surface area contributed by atoms with Gasteiger partial charge in [-0.1, -0.05) is 23.8 Å². The van der Waals surface area contributed by atoms with Crippen LogP contribution in [0.15, 0.2) is 40.1 Å². The van der Waals surface area contributed by atoms with Crippen LogP contribution in [0.1, 0.15) is 24.8 Å². The van der Waals surface area contributed by atoms with E-state index in [1.165, 1.54) is 7.11 Å². The largest absolute Gasteiger partial charge is 0.469 e. The molecule has 0 spiro atoms. The van der Waals surface area contributed by atoms with Crippen LogP contribution in [0.5, 0.6) is 0 Å². The molecule has 4 heteroatoms. The van der Waals surface area contributed by atoms with Crippen LogP contribution in [-0.2, 0) is 20.3 Å². The van der Waals surface area contributed by atoms with Gasteiger partial charge in [-0.2, -0.15) is 0 Å². The number of esters is 1. The maximum Gasteiger partial charge on any atom is 0.306 e. The van der Waals surface area contributed by atoms with Crippen molar-refractivity contribution in [1.29, 1.82) is 0 Å². The molecule has 0 amide bonds. The van der Waals surface area contributed by atoms with Crippen molar-refractivity contribution in [3.8, 4) is 0 Å². The molecule has 0 heterocycles. The zero-order chi connectivity index (χ0) is 13.8. The zero-order valence-electron chi connectivity index (χ0n) is 11.2. The highest BCUT2D eigenvalue weighted by Gasteiger charge is 2.27. The molecule has 2 atom stereocenters. The lowest BCUT2D eigenvalue weighted by Crippen LogP contribution is -2.12.